The van der Waals surface area contributed by atoms with Crippen LogP contribution in [0, 0.1) is 23.4 Å². The fraction of sp³-hybridized carbons (Fsp3) is 0.559. The van der Waals surface area contributed by atoms with Crippen LogP contribution in [0.2, 0.25) is 0 Å². The maximum atomic E-state index is 15.3. The molecule has 2 aromatic rings. The molecule has 0 saturated heterocycles. The van der Waals surface area contributed by atoms with Crippen LogP contribution in [0.4, 0.5) is 13.2 Å². The zero-order valence-corrected chi connectivity index (χ0v) is 24.1. The molecule has 0 aromatic heterocycles. The third-order valence-electron chi connectivity index (χ3n) is 8.85. The van der Waals surface area contributed by atoms with Gasteiger partial charge in [0.05, 0.1) is 18.3 Å². The molecular weight excluding hydrogens is 529 g/mol. The van der Waals surface area contributed by atoms with E-state index in [4.69, 9.17) is 9.47 Å². The summed E-state index contributed by atoms with van der Waals surface area (Å²) < 4.78 is 56.2. The highest BCUT2D eigenvalue weighted by molar-refractivity contribution is 5.90. The van der Waals surface area contributed by atoms with Crippen LogP contribution < -0.4 is 4.74 Å². The van der Waals surface area contributed by atoms with E-state index in [0.717, 1.165) is 51.4 Å². The van der Waals surface area contributed by atoms with Gasteiger partial charge in [-0.1, -0.05) is 31.6 Å². The van der Waals surface area contributed by atoms with E-state index in [0.29, 0.717) is 49.2 Å². The standard InChI is InChI=1S/C34H43F3O4/c1-3-5-6-20-40-26-16-17-29(30(35)21-26)34(39)41-25-14-12-23(13-15-25)28-19-18-27(32(36)33(28)37)22-8-10-24(11-9-22)31(38)7-4-2/h3,16-19,21-25,31,38H,1,4-15,20H2,2H3. The number of unbranched alkanes of at least 4 members (excludes halogenated alkanes) is 1. The van der Waals surface area contributed by atoms with Gasteiger partial charge in [-0.25, -0.2) is 18.0 Å². The minimum absolute atomic E-state index is 0.0305. The number of carbonyl (C=O) groups is 1. The first kappa shape index (κ1) is 31.1. The number of halogens is 3. The van der Waals surface area contributed by atoms with Crippen molar-refractivity contribution < 1.29 is 32.5 Å². The first-order valence-corrected chi connectivity index (χ1v) is 15.2. The lowest BCUT2D eigenvalue weighted by Gasteiger charge is -2.32. The van der Waals surface area contributed by atoms with Crippen molar-refractivity contribution in [2.24, 2.45) is 5.92 Å². The Balaban J connectivity index is 1.29. The van der Waals surface area contributed by atoms with Crippen molar-refractivity contribution in [1.82, 2.24) is 0 Å². The SMILES string of the molecule is C=CCCCOc1ccc(C(=O)OC2CCC(c3ccc(C4CCC(C(O)CCC)CC4)c(F)c3F)CC2)c(F)c1. The van der Waals surface area contributed by atoms with Gasteiger partial charge in [-0.3, -0.25) is 0 Å². The summed E-state index contributed by atoms with van der Waals surface area (Å²) in [5.41, 5.74) is 0.661. The van der Waals surface area contributed by atoms with Crippen molar-refractivity contribution >= 4 is 5.97 Å². The molecule has 2 fully saturated rings. The monoisotopic (exact) mass is 572 g/mol. The van der Waals surface area contributed by atoms with Crippen molar-refractivity contribution in [3.63, 3.8) is 0 Å². The van der Waals surface area contributed by atoms with Crippen molar-refractivity contribution in [2.45, 2.75) is 108 Å². The van der Waals surface area contributed by atoms with Crippen LogP contribution in [0.3, 0.4) is 0 Å². The molecule has 0 heterocycles. The first-order chi connectivity index (χ1) is 19.8. The van der Waals surface area contributed by atoms with Gasteiger partial charge in [0.15, 0.2) is 11.6 Å². The number of carbonyl (C=O) groups excluding carboxylic acids is 1. The number of rotatable bonds is 12. The topological polar surface area (TPSA) is 55.8 Å². The average Bonchev–Trinajstić information content (AvgIpc) is 2.97. The van der Waals surface area contributed by atoms with Gasteiger partial charge in [0.1, 0.15) is 17.7 Å². The van der Waals surface area contributed by atoms with Crippen molar-refractivity contribution in [2.75, 3.05) is 6.61 Å². The summed E-state index contributed by atoms with van der Waals surface area (Å²) in [6.45, 7) is 6.13. The highest BCUT2D eigenvalue weighted by Gasteiger charge is 2.32. The van der Waals surface area contributed by atoms with Gasteiger partial charge in [0, 0.05) is 6.07 Å². The number of ether oxygens (including phenoxy) is 2. The van der Waals surface area contributed by atoms with E-state index in [1.165, 1.54) is 12.1 Å². The predicted molar refractivity (Wildman–Crippen MR) is 154 cm³/mol. The summed E-state index contributed by atoms with van der Waals surface area (Å²) in [6.07, 6.45) is 9.62. The third kappa shape index (κ3) is 7.94. The Labute approximate surface area is 241 Å². The van der Waals surface area contributed by atoms with Gasteiger partial charge in [-0.2, -0.15) is 0 Å². The van der Waals surface area contributed by atoms with E-state index in [1.54, 1.807) is 24.3 Å². The zero-order valence-electron chi connectivity index (χ0n) is 24.1. The second-order valence-electron chi connectivity index (χ2n) is 11.6. The van der Waals surface area contributed by atoms with E-state index in [2.05, 4.69) is 13.5 Å². The normalized spacial score (nSPS) is 23.5. The highest BCUT2D eigenvalue weighted by Crippen LogP contribution is 2.42. The fourth-order valence-corrected chi connectivity index (χ4v) is 6.43. The Morgan fingerprint density at radius 3 is 2.15 bits per heavy atom. The molecule has 4 rings (SSSR count). The van der Waals surface area contributed by atoms with Gasteiger partial charge < -0.3 is 14.6 Å². The van der Waals surface area contributed by atoms with E-state index < -0.39 is 29.5 Å². The maximum absolute atomic E-state index is 15.3. The van der Waals surface area contributed by atoms with Gasteiger partial charge in [0.2, 0.25) is 0 Å². The Hall–Kier alpha value is -2.80. The van der Waals surface area contributed by atoms with Crippen LogP contribution in [0.15, 0.2) is 43.0 Å². The highest BCUT2D eigenvalue weighted by atomic mass is 19.2. The molecule has 1 atom stereocenters. The molecule has 0 aliphatic heterocycles. The molecule has 1 N–H and O–H groups in total. The number of hydrogen-bond acceptors (Lipinski definition) is 4. The molecule has 0 bridgehead atoms. The molecule has 2 aliphatic carbocycles. The fourth-order valence-electron chi connectivity index (χ4n) is 6.43. The molecule has 4 nitrogen and oxygen atoms in total. The molecule has 1 unspecified atom stereocenters. The number of hydrogen-bond donors (Lipinski definition) is 1. The van der Waals surface area contributed by atoms with Gasteiger partial charge >= 0.3 is 5.97 Å². The summed E-state index contributed by atoms with van der Waals surface area (Å²) in [6, 6.07) is 7.56. The van der Waals surface area contributed by atoms with Crippen molar-refractivity contribution in [3.05, 3.63) is 77.1 Å². The Kier molecular flexibility index (Phi) is 11.3. The second kappa shape index (κ2) is 14.9. The van der Waals surface area contributed by atoms with Crippen LogP contribution in [0.25, 0.3) is 0 Å². The van der Waals surface area contributed by atoms with Crippen LogP contribution >= 0.6 is 0 Å². The molecule has 2 aliphatic rings. The summed E-state index contributed by atoms with van der Waals surface area (Å²) in [5.74, 6) is -2.56. The molecule has 0 spiro atoms. The zero-order chi connectivity index (χ0) is 29.4. The Morgan fingerprint density at radius 1 is 0.976 bits per heavy atom. The van der Waals surface area contributed by atoms with Crippen molar-refractivity contribution in [1.29, 1.82) is 0 Å². The molecule has 0 amide bonds. The summed E-state index contributed by atoms with van der Waals surface area (Å²) in [4.78, 5) is 12.6. The third-order valence-corrected chi connectivity index (χ3v) is 8.85. The van der Waals surface area contributed by atoms with E-state index >= 15 is 8.78 Å². The number of benzene rings is 2. The average molecular weight is 573 g/mol. The molecule has 41 heavy (non-hydrogen) atoms. The second-order valence-corrected chi connectivity index (χ2v) is 11.6. The molecular formula is C34H43F3O4. The molecule has 0 radical (unpaired) electrons. The minimum Gasteiger partial charge on any atom is -0.493 e. The number of aliphatic hydroxyl groups is 1. The number of esters is 1. The molecule has 2 aromatic carbocycles. The maximum Gasteiger partial charge on any atom is 0.341 e. The smallest absolute Gasteiger partial charge is 0.341 e. The van der Waals surface area contributed by atoms with E-state index in [-0.39, 0.29) is 29.4 Å². The summed E-state index contributed by atoms with van der Waals surface area (Å²) in [7, 11) is 0. The summed E-state index contributed by atoms with van der Waals surface area (Å²) in [5, 5.41) is 10.3. The lowest BCUT2D eigenvalue weighted by molar-refractivity contribution is 0.0189. The van der Waals surface area contributed by atoms with Gasteiger partial charge in [-0.15, -0.1) is 6.58 Å². The molecule has 2 saturated carbocycles. The quantitative estimate of drug-likeness (QED) is 0.157. The van der Waals surface area contributed by atoms with Gasteiger partial charge in [-0.05, 0) is 112 Å². The van der Waals surface area contributed by atoms with Crippen molar-refractivity contribution in [3.8, 4) is 5.75 Å². The number of allylic oxidation sites excluding steroid dienone is 1. The lowest BCUT2D eigenvalue weighted by atomic mass is 9.75. The lowest BCUT2D eigenvalue weighted by Crippen LogP contribution is -2.26. The van der Waals surface area contributed by atoms with Gasteiger partial charge in [0.25, 0.3) is 0 Å². The Morgan fingerprint density at radius 2 is 1.59 bits per heavy atom. The minimum atomic E-state index is -0.773. The van der Waals surface area contributed by atoms with Crippen LogP contribution in [-0.4, -0.2) is 29.9 Å². The van der Waals surface area contributed by atoms with E-state index in [9.17, 15) is 14.3 Å². The first-order valence-electron chi connectivity index (χ1n) is 15.2. The molecule has 7 heteroatoms. The van der Waals surface area contributed by atoms with Crippen LogP contribution in [0.1, 0.15) is 117 Å². The van der Waals surface area contributed by atoms with E-state index in [1.807, 2.05) is 0 Å². The Bertz CT molecular complexity index is 1170. The largest absolute Gasteiger partial charge is 0.493 e. The van der Waals surface area contributed by atoms with Crippen LogP contribution in [-0.2, 0) is 4.74 Å². The van der Waals surface area contributed by atoms with Crippen LogP contribution in [0.5, 0.6) is 5.75 Å². The summed E-state index contributed by atoms with van der Waals surface area (Å²) >= 11 is 0. The number of aliphatic hydroxyl groups excluding tert-OH is 1. The predicted octanol–water partition coefficient (Wildman–Crippen LogP) is 8.77. The molecule has 224 valence electrons.